The van der Waals surface area contributed by atoms with Gasteiger partial charge in [-0.3, -0.25) is 14.8 Å². The van der Waals surface area contributed by atoms with E-state index in [1.807, 2.05) is 12.1 Å². The molecule has 4 heterocycles. The Bertz CT molecular complexity index is 1230. The Kier molecular flexibility index (Phi) is 5.74. The molecule has 4 aromatic rings. The molecular formula is C23H26N6O4. The van der Waals surface area contributed by atoms with E-state index in [-0.39, 0.29) is 11.7 Å². The molecule has 1 saturated heterocycles. The number of imidazole rings is 1. The molecule has 33 heavy (non-hydrogen) atoms. The highest BCUT2D eigenvalue weighted by atomic mass is 16.5. The maximum Gasteiger partial charge on any atom is 0.291 e. The Morgan fingerprint density at radius 1 is 1.15 bits per heavy atom. The van der Waals surface area contributed by atoms with Crippen LogP contribution in [0.15, 0.2) is 34.9 Å². The third kappa shape index (κ3) is 4.29. The third-order valence-electron chi connectivity index (χ3n) is 5.81. The van der Waals surface area contributed by atoms with Gasteiger partial charge in [0.05, 0.1) is 37.5 Å². The predicted molar refractivity (Wildman–Crippen MR) is 123 cm³/mol. The number of carbonyl (C=O) groups excluding carboxylic acids is 1. The minimum Gasteiger partial charge on any atom is -0.493 e. The number of anilines is 1. The summed E-state index contributed by atoms with van der Waals surface area (Å²) in [6.07, 6.45) is 5.30. The molecule has 0 unspecified atom stereocenters. The number of benzene rings is 1. The number of nitrogens with one attached hydrogen (secondary N) is 3. The first-order valence-electron chi connectivity index (χ1n) is 10.9. The van der Waals surface area contributed by atoms with E-state index in [4.69, 9.17) is 13.9 Å². The van der Waals surface area contributed by atoms with Gasteiger partial charge in [-0.2, -0.15) is 5.10 Å². The summed E-state index contributed by atoms with van der Waals surface area (Å²) >= 11 is 0. The van der Waals surface area contributed by atoms with Crippen LogP contribution in [0.3, 0.4) is 0 Å². The average Bonchev–Trinajstić information content (AvgIpc) is 3.58. The highest BCUT2D eigenvalue weighted by Crippen LogP contribution is 2.33. The lowest BCUT2D eigenvalue weighted by Crippen LogP contribution is -2.28. The lowest BCUT2D eigenvalue weighted by Gasteiger charge is -2.25. The number of hydrogen-bond acceptors (Lipinski definition) is 7. The smallest absolute Gasteiger partial charge is 0.291 e. The summed E-state index contributed by atoms with van der Waals surface area (Å²) in [4.78, 5) is 23.0. The second kappa shape index (κ2) is 8.99. The number of likely N-dealkylation sites (tertiary alicyclic amines) is 1. The van der Waals surface area contributed by atoms with Gasteiger partial charge in [-0.25, -0.2) is 4.98 Å². The zero-order valence-corrected chi connectivity index (χ0v) is 18.6. The van der Waals surface area contributed by atoms with E-state index >= 15 is 0 Å². The van der Waals surface area contributed by atoms with Gasteiger partial charge in [0.15, 0.2) is 28.8 Å². The molecule has 1 amide bonds. The molecule has 0 aliphatic carbocycles. The van der Waals surface area contributed by atoms with Gasteiger partial charge in [-0.15, -0.1) is 0 Å². The van der Waals surface area contributed by atoms with E-state index in [1.54, 1.807) is 32.5 Å². The predicted octanol–water partition coefficient (Wildman–Crippen LogP) is 3.80. The number of rotatable bonds is 7. The van der Waals surface area contributed by atoms with E-state index in [0.29, 0.717) is 34.2 Å². The third-order valence-corrected chi connectivity index (χ3v) is 5.81. The molecule has 5 rings (SSSR count). The minimum absolute atomic E-state index is 0.258. The second-order valence-corrected chi connectivity index (χ2v) is 8.01. The number of aromatic amines is 2. The minimum atomic E-state index is -0.345. The molecule has 0 saturated carbocycles. The van der Waals surface area contributed by atoms with E-state index in [1.165, 1.54) is 19.3 Å². The zero-order chi connectivity index (χ0) is 22.8. The number of piperidine rings is 1. The van der Waals surface area contributed by atoms with Gasteiger partial charge >= 0.3 is 0 Å². The van der Waals surface area contributed by atoms with E-state index < -0.39 is 0 Å². The fourth-order valence-corrected chi connectivity index (χ4v) is 4.12. The molecule has 3 N–H and O–H groups in total. The fraction of sp³-hybridized carbons (Fsp3) is 0.348. The number of fused-ring (bicyclic) bond motifs is 1. The van der Waals surface area contributed by atoms with Crippen molar-refractivity contribution in [2.24, 2.45) is 0 Å². The van der Waals surface area contributed by atoms with Crippen LogP contribution in [0.4, 0.5) is 5.69 Å². The summed E-state index contributed by atoms with van der Waals surface area (Å²) in [5, 5.41) is 9.92. The van der Waals surface area contributed by atoms with Crippen molar-refractivity contribution in [3.05, 3.63) is 42.0 Å². The maximum atomic E-state index is 12.8. The standard InChI is InChI=1S/C23H26N6O4/c1-31-19-10-15-16(11-20(19)32-2)26-22(25-15)21-17(12-24-28-21)27-23(30)18-7-6-14(33-18)13-29-8-4-3-5-9-29/h6-7,10-12H,3-5,8-9,13H2,1-2H3,(H,24,28)(H,25,26)(H,27,30). The summed E-state index contributed by atoms with van der Waals surface area (Å²) in [6.45, 7) is 2.85. The van der Waals surface area contributed by atoms with E-state index in [9.17, 15) is 4.79 Å². The van der Waals surface area contributed by atoms with Crippen molar-refractivity contribution in [3.63, 3.8) is 0 Å². The van der Waals surface area contributed by atoms with E-state index in [0.717, 1.165) is 30.9 Å². The van der Waals surface area contributed by atoms with E-state index in [2.05, 4.69) is 30.4 Å². The molecule has 0 atom stereocenters. The molecule has 0 spiro atoms. The lowest BCUT2D eigenvalue weighted by molar-refractivity contribution is 0.0992. The molecule has 10 heteroatoms. The Balaban J connectivity index is 1.33. The quantitative estimate of drug-likeness (QED) is 0.391. The zero-order valence-electron chi connectivity index (χ0n) is 18.6. The largest absolute Gasteiger partial charge is 0.493 e. The molecule has 1 aliphatic rings. The maximum absolute atomic E-state index is 12.8. The van der Waals surface area contributed by atoms with Gasteiger partial charge in [0, 0.05) is 18.3 Å². The van der Waals surface area contributed by atoms with Crippen LogP contribution in [0.5, 0.6) is 11.5 Å². The van der Waals surface area contributed by atoms with Crippen molar-refractivity contribution in [2.45, 2.75) is 25.8 Å². The molecule has 3 aromatic heterocycles. The van der Waals surface area contributed by atoms with Crippen molar-refractivity contribution in [1.29, 1.82) is 0 Å². The number of carbonyl (C=O) groups is 1. The first kappa shape index (κ1) is 21.1. The van der Waals surface area contributed by atoms with Crippen LogP contribution in [0, 0.1) is 0 Å². The van der Waals surface area contributed by atoms with Crippen LogP contribution in [-0.2, 0) is 6.54 Å². The Morgan fingerprint density at radius 2 is 1.94 bits per heavy atom. The molecular weight excluding hydrogens is 424 g/mol. The number of hydrogen-bond donors (Lipinski definition) is 3. The molecule has 172 valence electrons. The van der Waals surface area contributed by atoms with Crippen LogP contribution < -0.4 is 14.8 Å². The van der Waals surface area contributed by atoms with Gasteiger partial charge in [0.25, 0.3) is 5.91 Å². The monoisotopic (exact) mass is 450 g/mol. The summed E-state index contributed by atoms with van der Waals surface area (Å²) in [5.74, 6) is 2.37. The van der Waals surface area contributed by atoms with Crippen molar-refractivity contribution < 1.29 is 18.7 Å². The summed E-state index contributed by atoms with van der Waals surface area (Å²) < 4.78 is 16.5. The summed E-state index contributed by atoms with van der Waals surface area (Å²) in [6, 6.07) is 7.15. The van der Waals surface area contributed by atoms with Gasteiger partial charge in [0.2, 0.25) is 0 Å². The normalized spacial score (nSPS) is 14.5. The number of nitrogens with zero attached hydrogens (tertiary/aromatic N) is 3. The fourth-order valence-electron chi connectivity index (χ4n) is 4.12. The summed E-state index contributed by atoms with van der Waals surface area (Å²) in [5.41, 5.74) is 2.43. The highest BCUT2D eigenvalue weighted by Gasteiger charge is 2.20. The Hall–Kier alpha value is -3.79. The van der Waals surface area contributed by atoms with Crippen molar-refractivity contribution in [1.82, 2.24) is 25.1 Å². The van der Waals surface area contributed by atoms with Gasteiger partial charge in [0.1, 0.15) is 5.76 Å². The number of aromatic nitrogens is 4. The lowest BCUT2D eigenvalue weighted by atomic mass is 10.1. The average molecular weight is 450 g/mol. The molecule has 0 bridgehead atoms. The first-order chi connectivity index (χ1) is 16.1. The van der Waals surface area contributed by atoms with Crippen LogP contribution in [0.1, 0.15) is 35.6 Å². The van der Waals surface area contributed by atoms with Crippen LogP contribution in [0.2, 0.25) is 0 Å². The molecule has 10 nitrogen and oxygen atoms in total. The number of methoxy groups -OCH3 is 2. The molecule has 1 fully saturated rings. The number of amides is 1. The SMILES string of the molecule is COc1cc2nc(-c3n[nH]cc3NC(=O)c3ccc(CN4CCCCC4)o3)[nH]c2cc1OC. The van der Waals surface area contributed by atoms with Crippen molar-refractivity contribution in [3.8, 4) is 23.0 Å². The van der Waals surface area contributed by atoms with Gasteiger partial charge in [-0.1, -0.05) is 6.42 Å². The van der Waals surface area contributed by atoms with Gasteiger partial charge < -0.3 is 24.2 Å². The number of H-pyrrole nitrogens is 2. The van der Waals surface area contributed by atoms with Crippen molar-refractivity contribution in [2.75, 3.05) is 32.6 Å². The first-order valence-corrected chi connectivity index (χ1v) is 10.9. The van der Waals surface area contributed by atoms with Crippen LogP contribution in [-0.4, -0.2) is 58.3 Å². The Labute approximate surface area is 190 Å². The number of ether oxygens (including phenoxy) is 2. The van der Waals surface area contributed by atoms with Crippen molar-refractivity contribution >= 4 is 22.6 Å². The van der Waals surface area contributed by atoms with Crippen LogP contribution in [0.25, 0.3) is 22.6 Å². The topological polar surface area (TPSA) is 121 Å². The second-order valence-electron chi connectivity index (χ2n) is 8.01. The molecule has 1 aliphatic heterocycles. The molecule has 0 radical (unpaired) electrons. The Morgan fingerprint density at radius 3 is 2.73 bits per heavy atom. The van der Waals surface area contributed by atoms with Crippen LogP contribution >= 0.6 is 0 Å². The summed E-state index contributed by atoms with van der Waals surface area (Å²) in [7, 11) is 3.15. The molecule has 1 aromatic carbocycles. The highest BCUT2D eigenvalue weighted by molar-refractivity contribution is 6.04. The van der Waals surface area contributed by atoms with Gasteiger partial charge in [-0.05, 0) is 38.1 Å². The number of furan rings is 1.